The molecule has 0 fully saturated rings. The Labute approximate surface area is 121 Å². The average molecular weight is 284 g/mol. The van der Waals surface area contributed by atoms with Crippen LogP contribution in [-0.2, 0) is 16.0 Å². The van der Waals surface area contributed by atoms with E-state index in [0.717, 1.165) is 5.56 Å². The molecule has 0 spiro atoms. The number of methoxy groups -OCH3 is 1. The van der Waals surface area contributed by atoms with Crippen LogP contribution in [-0.4, -0.2) is 41.3 Å². The van der Waals surface area contributed by atoms with Crippen LogP contribution in [0.3, 0.4) is 0 Å². The van der Waals surface area contributed by atoms with Gasteiger partial charge in [0.1, 0.15) is 11.8 Å². The maximum Gasteiger partial charge on any atom is 0.321 e. The Morgan fingerprint density at radius 3 is 2.50 bits per heavy atom. The van der Waals surface area contributed by atoms with Gasteiger partial charge in [0.25, 0.3) is 0 Å². The van der Waals surface area contributed by atoms with Crippen LogP contribution in [0, 0.1) is 0 Å². The van der Waals surface area contributed by atoms with Crippen molar-refractivity contribution in [1.29, 1.82) is 0 Å². The number of carboxylic acids is 2. The molecule has 110 valence electrons. The molecule has 0 heterocycles. The van der Waals surface area contributed by atoms with Crippen molar-refractivity contribution in [2.75, 3.05) is 7.04 Å². The summed E-state index contributed by atoms with van der Waals surface area (Å²) in [4.78, 5) is 21.6. The maximum atomic E-state index is 11.0. The first-order chi connectivity index (χ1) is 10.6. The zero-order valence-corrected chi connectivity index (χ0v) is 11.0. The molecule has 0 aliphatic carbocycles. The second-order valence-electron chi connectivity index (χ2n) is 4.51. The number of benzene rings is 1. The lowest BCUT2D eigenvalue weighted by Gasteiger charge is -2.19. The van der Waals surface area contributed by atoms with Gasteiger partial charge in [-0.1, -0.05) is 12.1 Å². The maximum absolute atomic E-state index is 11.0. The van der Waals surface area contributed by atoms with Crippen molar-refractivity contribution in [3.8, 4) is 5.75 Å². The van der Waals surface area contributed by atoms with Crippen LogP contribution < -0.4 is 10.1 Å². The number of hydrogen-bond donors (Lipinski definition) is 3. The second-order valence-corrected chi connectivity index (χ2v) is 4.51. The van der Waals surface area contributed by atoms with E-state index in [4.69, 9.17) is 19.1 Å². The predicted molar refractivity (Wildman–Crippen MR) is 73.0 cm³/mol. The molecule has 0 saturated carbocycles. The van der Waals surface area contributed by atoms with E-state index in [1.54, 1.807) is 19.1 Å². The van der Waals surface area contributed by atoms with E-state index in [1.165, 1.54) is 12.1 Å². The van der Waals surface area contributed by atoms with Crippen LogP contribution in [0.5, 0.6) is 5.75 Å². The van der Waals surface area contributed by atoms with Crippen molar-refractivity contribution >= 4 is 11.9 Å². The molecule has 2 unspecified atom stereocenters. The number of nitrogens with one attached hydrogen (secondary N) is 1. The van der Waals surface area contributed by atoms with Gasteiger partial charge in [0.2, 0.25) is 0 Å². The minimum Gasteiger partial charge on any atom is -0.497 e. The van der Waals surface area contributed by atoms with Crippen LogP contribution in [0.15, 0.2) is 24.3 Å². The van der Waals surface area contributed by atoms with Crippen molar-refractivity contribution in [3.63, 3.8) is 0 Å². The third-order valence-electron chi connectivity index (χ3n) is 2.75. The van der Waals surface area contributed by atoms with Crippen molar-refractivity contribution in [2.24, 2.45) is 0 Å². The fourth-order valence-corrected chi connectivity index (χ4v) is 1.84. The summed E-state index contributed by atoms with van der Waals surface area (Å²) in [6.45, 7) is 1.74. The molecule has 2 atom stereocenters. The number of aliphatic carboxylic acids is 2. The molecular formula is C14H19NO5. The van der Waals surface area contributed by atoms with Gasteiger partial charge in [0.15, 0.2) is 0 Å². The first-order valence-electron chi connectivity index (χ1n) is 7.55. The molecule has 0 radical (unpaired) electrons. The summed E-state index contributed by atoms with van der Waals surface area (Å²) in [6, 6.07) is 4.93. The molecule has 1 aromatic rings. The third kappa shape index (κ3) is 5.27. The summed E-state index contributed by atoms with van der Waals surface area (Å²) in [7, 11) is -2.51. The molecule has 0 aliphatic heterocycles. The molecule has 1 rings (SSSR count). The molecule has 6 nitrogen and oxygen atoms in total. The first kappa shape index (κ1) is 11.7. The molecular weight excluding hydrogens is 262 g/mol. The van der Waals surface area contributed by atoms with Crippen LogP contribution in [0.1, 0.15) is 23.0 Å². The number of carboxylic acid groups (broad SMARTS) is 2. The van der Waals surface area contributed by atoms with E-state index >= 15 is 0 Å². The highest BCUT2D eigenvalue weighted by Crippen LogP contribution is 2.13. The zero-order valence-electron chi connectivity index (χ0n) is 14.0. The standard InChI is InChI=1S/C14H19NO5/c1-9(15-12(14(18)19)8-13(16)17)7-10-3-5-11(20-2)6-4-10/h3-6,9,12,15H,7-8H2,1-2H3,(H,16,17)(H,18,19)/i2D3. The SMILES string of the molecule is [2H]C([2H])([2H])Oc1ccc(CC(C)NC(CC(=O)O)C(=O)O)cc1. The summed E-state index contributed by atoms with van der Waals surface area (Å²) in [5, 5.41) is 20.4. The Morgan fingerprint density at radius 1 is 1.35 bits per heavy atom. The quantitative estimate of drug-likeness (QED) is 0.662. The molecule has 0 bridgehead atoms. The van der Waals surface area contributed by atoms with Crippen molar-refractivity contribution in [1.82, 2.24) is 5.32 Å². The van der Waals surface area contributed by atoms with Gasteiger partial charge in [0.05, 0.1) is 17.6 Å². The lowest BCUT2D eigenvalue weighted by Crippen LogP contribution is -2.44. The third-order valence-corrected chi connectivity index (χ3v) is 2.75. The van der Waals surface area contributed by atoms with Gasteiger partial charge < -0.3 is 20.3 Å². The highest BCUT2D eigenvalue weighted by molar-refractivity contribution is 5.80. The van der Waals surface area contributed by atoms with Gasteiger partial charge in [-0.05, 0) is 31.0 Å². The highest BCUT2D eigenvalue weighted by Gasteiger charge is 2.22. The van der Waals surface area contributed by atoms with E-state index in [9.17, 15) is 9.59 Å². The monoisotopic (exact) mass is 284 g/mol. The van der Waals surface area contributed by atoms with E-state index in [2.05, 4.69) is 5.32 Å². The summed E-state index contributed by atoms with van der Waals surface area (Å²) < 4.78 is 25.8. The van der Waals surface area contributed by atoms with E-state index in [-0.39, 0.29) is 11.8 Å². The van der Waals surface area contributed by atoms with Gasteiger partial charge in [-0.25, -0.2) is 0 Å². The summed E-state index contributed by atoms with van der Waals surface area (Å²) in [5.74, 6) is -2.20. The van der Waals surface area contributed by atoms with Gasteiger partial charge in [0, 0.05) is 6.04 Å². The summed E-state index contributed by atoms with van der Waals surface area (Å²) >= 11 is 0. The van der Waals surface area contributed by atoms with Crippen LogP contribution in [0.25, 0.3) is 0 Å². The van der Waals surface area contributed by atoms with E-state index < -0.39 is 31.4 Å². The Bertz CT molecular complexity index is 544. The first-order valence-corrected chi connectivity index (χ1v) is 6.05. The molecule has 0 aliphatic rings. The van der Waals surface area contributed by atoms with Gasteiger partial charge in [-0.3, -0.25) is 9.59 Å². The molecule has 6 heteroatoms. The Kier molecular flexibility index (Phi) is 4.39. The number of ether oxygens (including phenoxy) is 1. The number of rotatable bonds is 8. The zero-order chi connectivity index (χ0) is 17.6. The van der Waals surface area contributed by atoms with E-state index in [0.29, 0.717) is 6.42 Å². The van der Waals surface area contributed by atoms with Crippen LogP contribution >= 0.6 is 0 Å². The van der Waals surface area contributed by atoms with Gasteiger partial charge in [-0.15, -0.1) is 0 Å². The van der Waals surface area contributed by atoms with Crippen LogP contribution in [0.4, 0.5) is 0 Å². The number of carbonyl (C=O) groups is 2. The molecule has 1 aromatic carbocycles. The molecule has 0 saturated heterocycles. The molecule has 0 aromatic heterocycles. The average Bonchev–Trinajstić information content (AvgIpc) is 2.38. The van der Waals surface area contributed by atoms with Crippen molar-refractivity contribution in [2.45, 2.75) is 31.8 Å². The molecule has 3 N–H and O–H groups in total. The Morgan fingerprint density at radius 2 is 2.00 bits per heavy atom. The smallest absolute Gasteiger partial charge is 0.321 e. The normalized spacial score (nSPS) is 16.4. The Hall–Kier alpha value is -2.08. The lowest BCUT2D eigenvalue weighted by atomic mass is 10.1. The molecule has 20 heavy (non-hydrogen) atoms. The fourth-order valence-electron chi connectivity index (χ4n) is 1.84. The van der Waals surface area contributed by atoms with E-state index in [1.807, 2.05) is 0 Å². The van der Waals surface area contributed by atoms with Crippen LogP contribution in [0.2, 0.25) is 0 Å². The minimum atomic E-state index is -2.51. The minimum absolute atomic E-state index is 0.212. The molecule has 0 amide bonds. The van der Waals surface area contributed by atoms with Crippen molar-refractivity contribution < 1.29 is 28.7 Å². The van der Waals surface area contributed by atoms with Gasteiger partial charge >= 0.3 is 11.9 Å². The lowest BCUT2D eigenvalue weighted by molar-refractivity contribution is -0.146. The number of hydrogen-bond acceptors (Lipinski definition) is 4. The highest BCUT2D eigenvalue weighted by atomic mass is 16.5. The fraction of sp³-hybridized carbons (Fsp3) is 0.429. The van der Waals surface area contributed by atoms with Crippen molar-refractivity contribution in [3.05, 3.63) is 29.8 Å². The topological polar surface area (TPSA) is 95.9 Å². The largest absolute Gasteiger partial charge is 0.497 e. The summed E-state index contributed by atoms with van der Waals surface area (Å²) in [6.07, 6.45) is -0.0531. The predicted octanol–water partition coefficient (Wildman–Crippen LogP) is 1.14. The van der Waals surface area contributed by atoms with Gasteiger partial charge in [-0.2, -0.15) is 0 Å². The second kappa shape index (κ2) is 7.49. The Balaban J connectivity index is 2.61. The summed E-state index contributed by atoms with van der Waals surface area (Å²) in [5.41, 5.74) is 0.836.